The Morgan fingerprint density at radius 1 is 1.27 bits per heavy atom. The molecule has 1 aliphatic heterocycles. The van der Waals surface area contributed by atoms with Gasteiger partial charge in [-0.3, -0.25) is 9.69 Å². The molecule has 0 radical (unpaired) electrons. The van der Waals surface area contributed by atoms with Gasteiger partial charge in [-0.15, -0.1) is 0 Å². The fraction of sp³-hybridized carbons (Fsp3) is 0.611. The van der Waals surface area contributed by atoms with Crippen molar-refractivity contribution in [2.24, 2.45) is 0 Å². The summed E-state index contributed by atoms with van der Waals surface area (Å²) in [4.78, 5) is 14.7. The van der Waals surface area contributed by atoms with E-state index in [2.05, 4.69) is 24.1 Å². The lowest BCUT2D eigenvalue weighted by atomic mass is 9.98. The fourth-order valence-corrected chi connectivity index (χ4v) is 2.96. The van der Waals surface area contributed by atoms with E-state index in [1.54, 1.807) is 7.11 Å². The fourth-order valence-electron chi connectivity index (χ4n) is 2.96. The molecule has 1 fully saturated rings. The van der Waals surface area contributed by atoms with Crippen LogP contribution in [0.5, 0.6) is 5.75 Å². The van der Waals surface area contributed by atoms with Crippen molar-refractivity contribution in [3.8, 4) is 5.75 Å². The molecule has 1 heterocycles. The van der Waals surface area contributed by atoms with Crippen molar-refractivity contribution in [2.45, 2.75) is 45.1 Å². The summed E-state index contributed by atoms with van der Waals surface area (Å²) >= 11 is 0. The lowest BCUT2D eigenvalue weighted by Crippen LogP contribution is -2.53. The number of nitrogens with one attached hydrogen (secondary N) is 1. The molecule has 1 aromatic carbocycles. The Hall–Kier alpha value is -1.55. The van der Waals surface area contributed by atoms with Crippen LogP contribution in [0.4, 0.5) is 0 Å². The molecule has 0 atom stereocenters. The average molecular weight is 304 g/mol. The van der Waals surface area contributed by atoms with Crippen LogP contribution in [-0.4, -0.2) is 43.1 Å². The molecule has 0 aliphatic carbocycles. The van der Waals surface area contributed by atoms with E-state index in [1.165, 1.54) is 19.3 Å². The highest BCUT2D eigenvalue weighted by molar-refractivity contribution is 5.78. The molecule has 122 valence electrons. The molecule has 4 heteroatoms. The Morgan fingerprint density at radius 3 is 2.68 bits per heavy atom. The van der Waals surface area contributed by atoms with Crippen molar-refractivity contribution in [1.82, 2.24) is 10.2 Å². The molecule has 1 aromatic rings. The first-order valence-corrected chi connectivity index (χ1v) is 8.16. The Labute approximate surface area is 133 Å². The summed E-state index contributed by atoms with van der Waals surface area (Å²) in [6.07, 6.45) is 4.25. The largest absolute Gasteiger partial charge is 0.497 e. The zero-order valence-electron chi connectivity index (χ0n) is 14.0. The smallest absolute Gasteiger partial charge is 0.224 e. The topological polar surface area (TPSA) is 41.6 Å². The molecule has 0 spiro atoms. The highest BCUT2D eigenvalue weighted by Gasteiger charge is 2.28. The number of amides is 1. The predicted octanol–water partition coefficient (Wildman–Crippen LogP) is 2.62. The van der Waals surface area contributed by atoms with Crippen molar-refractivity contribution in [1.29, 1.82) is 0 Å². The Balaban J connectivity index is 1.83. The van der Waals surface area contributed by atoms with Gasteiger partial charge in [0.1, 0.15) is 5.75 Å². The summed E-state index contributed by atoms with van der Waals surface area (Å²) in [5, 5.41) is 3.08. The van der Waals surface area contributed by atoms with Crippen LogP contribution in [0, 0.1) is 0 Å². The number of hydrogen-bond acceptors (Lipinski definition) is 3. The van der Waals surface area contributed by atoms with E-state index < -0.39 is 0 Å². The number of methoxy groups -OCH3 is 1. The first kappa shape index (κ1) is 16.8. The first-order valence-electron chi connectivity index (χ1n) is 8.16. The van der Waals surface area contributed by atoms with Crippen LogP contribution in [-0.2, 0) is 11.2 Å². The number of nitrogens with zero attached hydrogens (tertiary/aromatic N) is 1. The van der Waals surface area contributed by atoms with Gasteiger partial charge in [-0.1, -0.05) is 18.6 Å². The summed E-state index contributed by atoms with van der Waals surface area (Å²) in [5.74, 6) is 0.859. The monoisotopic (exact) mass is 304 g/mol. The lowest BCUT2D eigenvalue weighted by Gasteiger charge is -2.41. The maximum Gasteiger partial charge on any atom is 0.224 e. The Kier molecular flexibility index (Phi) is 5.83. The molecule has 0 unspecified atom stereocenters. The highest BCUT2D eigenvalue weighted by atomic mass is 16.5. The average Bonchev–Trinajstić information content (AvgIpc) is 2.54. The molecule has 22 heavy (non-hydrogen) atoms. The second kappa shape index (κ2) is 7.63. The van der Waals surface area contributed by atoms with Crippen LogP contribution in [0.1, 0.15) is 38.7 Å². The van der Waals surface area contributed by atoms with Crippen LogP contribution in [0.3, 0.4) is 0 Å². The number of rotatable bonds is 6. The van der Waals surface area contributed by atoms with Gasteiger partial charge in [-0.25, -0.2) is 0 Å². The van der Waals surface area contributed by atoms with E-state index in [0.717, 1.165) is 24.4 Å². The molecule has 4 nitrogen and oxygen atoms in total. The van der Waals surface area contributed by atoms with E-state index in [0.29, 0.717) is 13.0 Å². The lowest BCUT2D eigenvalue weighted by molar-refractivity contribution is -0.121. The molecule has 0 aromatic heterocycles. The standard InChI is InChI=1S/C18H28N2O2/c1-18(2,20-10-5-4-6-11-20)14-19-17(21)13-15-8-7-9-16(12-15)22-3/h7-9,12H,4-6,10-11,13-14H2,1-3H3,(H,19,21). The number of carbonyl (C=O) groups is 1. The summed E-state index contributed by atoms with van der Waals surface area (Å²) in [6.45, 7) is 7.39. The molecule has 0 bridgehead atoms. The van der Waals surface area contributed by atoms with E-state index in [9.17, 15) is 4.79 Å². The molecule has 2 rings (SSSR count). The van der Waals surface area contributed by atoms with Gasteiger partial charge in [0.05, 0.1) is 13.5 Å². The summed E-state index contributed by atoms with van der Waals surface area (Å²) in [6, 6.07) is 7.67. The number of piperidine rings is 1. The third-order valence-electron chi connectivity index (χ3n) is 4.43. The van der Waals surface area contributed by atoms with Crippen molar-refractivity contribution in [3.05, 3.63) is 29.8 Å². The van der Waals surface area contributed by atoms with E-state index in [4.69, 9.17) is 4.74 Å². The first-order chi connectivity index (χ1) is 10.5. The van der Waals surface area contributed by atoms with Crippen molar-refractivity contribution >= 4 is 5.91 Å². The summed E-state index contributed by atoms with van der Waals surface area (Å²) < 4.78 is 5.19. The minimum atomic E-state index is 0.0183. The van der Waals surface area contributed by atoms with Crippen molar-refractivity contribution in [2.75, 3.05) is 26.7 Å². The number of carbonyl (C=O) groups excluding carboxylic acids is 1. The van der Waals surface area contributed by atoms with Gasteiger partial charge in [0, 0.05) is 12.1 Å². The maximum atomic E-state index is 12.2. The number of hydrogen-bond donors (Lipinski definition) is 1. The second-order valence-corrected chi connectivity index (χ2v) is 6.67. The van der Waals surface area contributed by atoms with Crippen molar-refractivity contribution in [3.63, 3.8) is 0 Å². The van der Waals surface area contributed by atoms with Crippen molar-refractivity contribution < 1.29 is 9.53 Å². The molecule has 1 amide bonds. The molecular formula is C18H28N2O2. The van der Waals surface area contributed by atoms with Crippen LogP contribution < -0.4 is 10.1 Å². The Bertz CT molecular complexity index is 494. The third kappa shape index (κ3) is 4.73. The Morgan fingerprint density at radius 2 is 2.00 bits per heavy atom. The maximum absolute atomic E-state index is 12.2. The number of ether oxygens (including phenoxy) is 1. The molecular weight excluding hydrogens is 276 g/mol. The quantitative estimate of drug-likeness (QED) is 0.878. The highest BCUT2D eigenvalue weighted by Crippen LogP contribution is 2.20. The molecule has 1 aliphatic rings. The van der Waals surface area contributed by atoms with E-state index in [-0.39, 0.29) is 11.4 Å². The van der Waals surface area contributed by atoms with Crippen LogP contribution >= 0.6 is 0 Å². The van der Waals surface area contributed by atoms with Gasteiger partial charge in [0.25, 0.3) is 0 Å². The van der Waals surface area contributed by atoms with Crippen LogP contribution in [0.25, 0.3) is 0 Å². The number of likely N-dealkylation sites (tertiary alicyclic amines) is 1. The SMILES string of the molecule is COc1cccc(CC(=O)NCC(C)(C)N2CCCCC2)c1. The zero-order chi connectivity index (χ0) is 16.0. The van der Waals surface area contributed by atoms with Gasteiger partial charge in [-0.05, 0) is 57.5 Å². The summed E-state index contributed by atoms with van der Waals surface area (Å²) in [5.41, 5.74) is 0.998. The minimum Gasteiger partial charge on any atom is -0.497 e. The van der Waals surface area contributed by atoms with Gasteiger partial charge in [-0.2, -0.15) is 0 Å². The van der Waals surface area contributed by atoms with Crippen LogP contribution in [0.2, 0.25) is 0 Å². The molecule has 1 saturated heterocycles. The van der Waals surface area contributed by atoms with Gasteiger partial charge in [0.2, 0.25) is 5.91 Å². The second-order valence-electron chi connectivity index (χ2n) is 6.67. The molecule has 1 N–H and O–H groups in total. The molecule has 0 saturated carbocycles. The normalized spacial score (nSPS) is 16.3. The van der Waals surface area contributed by atoms with Gasteiger partial charge >= 0.3 is 0 Å². The van der Waals surface area contributed by atoms with E-state index in [1.807, 2.05) is 24.3 Å². The zero-order valence-corrected chi connectivity index (χ0v) is 14.0. The van der Waals surface area contributed by atoms with Crippen LogP contribution in [0.15, 0.2) is 24.3 Å². The third-order valence-corrected chi connectivity index (χ3v) is 4.43. The van der Waals surface area contributed by atoms with Gasteiger partial charge < -0.3 is 10.1 Å². The number of benzene rings is 1. The van der Waals surface area contributed by atoms with E-state index >= 15 is 0 Å². The summed E-state index contributed by atoms with van der Waals surface area (Å²) in [7, 11) is 1.64. The van der Waals surface area contributed by atoms with Gasteiger partial charge in [0.15, 0.2) is 0 Å². The minimum absolute atomic E-state index is 0.0183. The predicted molar refractivity (Wildman–Crippen MR) is 89.2 cm³/mol.